The van der Waals surface area contributed by atoms with Crippen LogP contribution in [0.15, 0.2) is 65.8 Å². The number of nitrogens with one attached hydrogen (secondary N) is 1. The molecule has 4 aliphatic rings. The maximum Gasteiger partial charge on any atom is 0.276 e. The summed E-state index contributed by atoms with van der Waals surface area (Å²) in [6, 6.07) is 19.0. The highest BCUT2D eigenvalue weighted by Gasteiger charge is 2.52. The maximum atomic E-state index is 12.9. The molecule has 0 saturated carbocycles. The van der Waals surface area contributed by atoms with Gasteiger partial charge in [0, 0.05) is 19.6 Å². The quantitative estimate of drug-likeness (QED) is 0.578. The standard InChI is InChI=1S/C23H27N5O2/c1-22(30,19-10-6-3-7-11-19)21(29)25-24-20(18-8-4-2-5-9-18)23-12-26-15-27(13-23)17-28(14-23)16-26/h2-11,30H,12-17H2,1H3,(H,25,29). The van der Waals surface area contributed by atoms with Gasteiger partial charge in [0.15, 0.2) is 5.60 Å². The van der Waals surface area contributed by atoms with Gasteiger partial charge in [0.2, 0.25) is 0 Å². The van der Waals surface area contributed by atoms with Crippen LogP contribution in [0.25, 0.3) is 0 Å². The highest BCUT2D eigenvalue weighted by atomic mass is 16.3. The SMILES string of the molecule is CC(O)(C(=O)NN=C(c1ccccc1)C12CN3CN(CN(C3)C1)C2)c1ccccc1. The Morgan fingerprint density at radius 2 is 1.43 bits per heavy atom. The van der Waals surface area contributed by atoms with Crippen LogP contribution in [0.2, 0.25) is 0 Å². The smallest absolute Gasteiger partial charge is 0.276 e. The van der Waals surface area contributed by atoms with Crippen molar-refractivity contribution in [2.75, 3.05) is 39.6 Å². The van der Waals surface area contributed by atoms with Crippen LogP contribution < -0.4 is 5.43 Å². The molecule has 7 nitrogen and oxygen atoms in total. The fourth-order valence-electron chi connectivity index (χ4n) is 5.14. The lowest BCUT2D eigenvalue weighted by atomic mass is 9.74. The normalized spacial score (nSPS) is 31.9. The minimum absolute atomic E-state index is 0.179. The predicted octanol–water partition coefficient (Wildman–Crippen LogP) is 1.22. The van der Waals surface area contributed by atoms with Crippen molar-refractivity contribution in [1.82, 2.24) is 20.1 Å². The van der Waals surface area contributed by atoms with Crippen molar-refractivity contribution in [2.45, 2.75) is 12.5 Å². The van der Waals surface area contributed by atoms with Crippen LogP contribution in [0.5, 0.6) is 0 Å². The van der Waals surface area contributed by atoms with E-state index in [1.165, 1.54) is 6.92 Å². The van der Waals surface area contributed by atoms with E-state index in [0.717, 1.165) is 50.9 Å². The Morgan fingerprint density at radius 3 is 1.97 bits per heavy atom. The van der Waals surface area contributed by atoms with E-state index < -0.39 is 11.5 Å². The average molecular weight is 406 g/mol. The number of carbonyl (C=O) groups is 1. The molecule has 1 unspecified atom stereocenters. The number of amides is 1. The Bertz CT molecular complexity index is 923. The second-order valence-corrected chi connectivity index (χ2v) is 8.90. The van der Waals surface area contributed by atoms with Gasteiger partial charge in [-0.2, -0.15) is 5.10 Å². The zero-order chi connectivity index (χ0) is 20.8. The van der Waals surface area contributed by atoms with E-state index in [1.807, 2.05) is 48.5 Å². The Balaban J connectivity index is 1.48. The van der Waals surface area contributed by atoms with E-state index in [1.54, 1.807) is 12.1 Å². The maximum absolute atomic E-state index is 12.9. The highest BCUT2D eigenvalue weighted by molar-refractivity contribution is 6.06. The van der Waals surface area contributed by atoms with Gasteiger partial charge >= 0.3 is 0 Å². The first-order valence-electron chi connectivity index (χ1n) is 10.4. The Labute approximate surface area is 176 Å². The molecule has 4 heterocycles. The van der Waals surface area contributed by atoms with Crippen molar-refractivity contribution in [2.24, 2.45) is 10.5 Å². The first kappa shape index (κ1) is 19.4. The van der Waals surface area contributed by atoms with E-state index in [9.17, 15) is 9.90 Å². The number of hydrogen-bond acceptors (Lipinski definition) is 6. The summed E-state index contributed by atoms with van der Waals surface area (Å²) in [5.41, 5.74) is 3.26. The van der Waals surface area contributed by atoms with Crippen LogP contribution in [0.1, 0.15) is 18.1 Å². The minimum Gasteiger partial charge on any atom is -0.375 e. The summed E-state index contributed by atoms with van der Waals surface area (Å²) in [4.78, 5) is 20.2. The Morgan fingerprint density at radius 1 is 0.933 bits per heavy atom. The molecule has 1 amide bonds. The molecule has 0 radical (unpaired) electrons. The molecule has 0 aliphatic carbocycles. The van der Waals surface area contributed by atoms with Crippen molar-refractivity contribution in [3.8, 4) is 0 Å². The van der Waals surface area contributed by atoms with Crippen LogP contribution in [-0.4, -0.2) is 71.1 Å². The van der Waals surface area contributed by atoms with Crippen molar-refractivity contribution in [1.29, 1.82) is 0 Å². The third kappa shape index (κ3) is 3.33. The predicted molar refractivity (Wildman–Crippen MR) is 114 cm³/mol. The number of carbonyl (C=O) groups excluding carboxylic acids is 1. The fourth-order valence-corrected chi connectivity index (χ4v) is 5.14. The first-order chi connectivity index (χ1) is 14.5. The second-order valence-electron chi connectivity index (χ2n) is 8.90. The number of rotatable bonds is 5. The zero-order valence-electron chi connectivity index (χ0n) is 17.2. The molecule has 2 aromatic carbocycles. The largest absolute Gasteiger partial charge is 0.375 e. The number of hydrazone groups is 1. The van der Waals surface area contributed by atoms with E-state index in [-0.39, 0.29) is 5.41 Å². The van der Waals surface area contributed by atoms with Gasteiger partial charge in [0.25, 0.3) is 5.91 Å². The first-order valence-corrected chi connectivity index (χ1v) is 10.4. The van der Waals surface area contributed by atoms with Crippen molar-refractivity contribution in [3.05, 3.63) is 71.8 Å². The molecule has 6 rings (SSSR count). The number of hydrogen-bond donors (Lipinski definition) is 2. The molecule has 4 bridgehead atoms. The molecule has 4 saturated heterocycles. The Hall–Kier alpha value is -2.58. The molecule has 30 heavy (non-hydrogen) atoms. The molecule has 1 atom stereocenters. The van der Waals surface area contributed by atoms with Gasteiger partial charge in [-0.15, -0.1) is 0 Å². The van der Waals surface area contributed by atoms with Gasteiger partial charge in [0.05, 0.1) is 31.1 Å². The van der Waals surface area contributed by atoms with Crippen molar-refractivity contribution >= 4 is 11.6 Å². The number of benzene rings is 2. The third-order valence-electron chi connectivity index (χ3n) is 6.38. The molecule has 7 heteroatoms. The summed E-state index contributed by atoms with van der Waals surface area (Å²) in [5.74, 6) is -0.534. The molecule has 2 aromatic rings. The van der Waals surface area contributed by atoms with Crippen LogP contribution in [0, 0.1) is 5.41 Å². The lowest BCUT2D eigenvalue weighted by molar-refractivity contribution is -0.149. The molecular weight excluding hydrogens is 378 g/mol. The molecule has 0 spiro atoms. The monoisotopic (exact) mass is 405 g/mol. The molecule has 2 N–H and O–H groups in total. The van der Waals surface area contributed by atoms with Gasteiger partial charge < -0.3 is 5.11 Å². The third-order valence-corrected chi connectivity index (χ3v) is 6.38. The highest BCUT2D eigenvalue weighted by Crippen LogP contribution is 2.38. The van der Waals surface area contributed by atoms with Crippen LogP contribution in [0.4, 0.5) is 0 Å². The van der Waals surface area contributed by atoms with Crippen molar-refractivity contribution < 1.29 is 9.90 Å². The van der Waals surface area contributed by atoms with Crippen LogP contribution >= 0.6 is 0 Å². The molecule has 0 aromatic heterocycles. The van der Waals surface area contributed by atoms with Gasteiger partial charge in [-0.3, -0.25) is 19.5 Å². The van der Waals surface area contributed by atoms with Crippen molar-refractivity contribution in [3.63, 3.8) is 0 Å². The topological polar surface area (TPSA) is 71.4 Å². The average Bonchev–Trinajstić information content (AvgIpc) is 2.74. The zero-order valence-corrected chi connectivity index (χ0v) is 17.2. The summed E-state index contributed by atoms with van der Waals surface area (Å²) in [7, 11) is 0. The van der Waals surface area contributed by atoms with Crippen LogP contribution in [0.3, 0.4) is 0 Å². The van der Waals surface area contributed by atoms with E-state index in [0.29, 0.717) is 5.56 Å². The lowest BCUT2D eigenvalue weighted by Crippen LogP contribution is -2.74. The van der Waals surface area contributed by atoms with E-state index in [2.05, 4.69) is 25.2 Å². The number of nitrogens with zero attached hydrogens (tertiary/aromatic N) is 4. The lowest BCUT2D eigenvalue weighted by Gasteiger charge is -2.60. The van der Waals surface area contributed by atoms with Gasteiger partial charge in [-0.25, -0.2) is 5.43 Å². The fraction of sp³-hybridized carbons (Fsp3) is 0.391. The van der Waals surface area contributed by atoms with E-state index >= 15 is 0 Å². The number of aliphatic hydroxyl groups is 1. The summed E-state index contributed by atoms with van der Waals surface area (Å²) >= 11 is 0. The molecule has 156 valence electrons. The summed E-state index contributed by atoms with van der Waals surface area (Å²) < 4.78 is 0. The van der Waals surface area contributed by atoms with Gasteiger partial charge in [0.1, 0.15) is 0 Å². The summed E-state index contributed by atoms with van der Waals surface area (Å²) in [6.07, 6.45) is 0. The summed E-state index contributed by atoms with van der Waals surface area (Å²) in [5, 5.41) is 15.5. The van der Waals surface area contributed by atoms with Gasteiger partial charge in [-0.1, -0.05) is 60.7 Å². The van der Waals surface area contributed by atoms with Gasteiger partial charge in [-0.05, 0) is 18.1 Å². The molecular formula is C23H27N5O2. The van der Waals surface area contributed by atoms with Crippen LogP contribution in [-0.2, 0) is 10.4 Å². The van der Waals surface area contributed by atoms with E-state index in [4.69, 9.17) is 0 Å². The molecule has 4 fully saturated rings. The second kappa shape index (κ2) is 7.28. The Kier molecular flexibility index (Phi) is 4.71. The minimum atomic E-state index is -1.66. The summed E-state index contributed by atoms with van der Waals surface area (Å²) in [6.45, 7) is 7.19. The molecule has 4 aliphatic heterocycles.